The summed E-state index contributed by atoms with van der Waals surface area (Å²) in [6.45, 7) is 2.87. The van der Waals surface area contributed by atoms with E-state index in [4.69, 9.17) is 11.6 Å². The maximum Gasteiger partial charge on any atom is 0.417 e. The van der Waals surface area contributed by atoms with E-state index in [1.807, 2.05) is 12.1 Å². The fourth-order valence-corrected chi connectivity index (χ4v) is 6.90. The van der Waals surface area contributed by atoms with Crippen LogP contribution in [0.25, 0.3) is 0 Å². The highest BCUT2D eigenvalue weighted by atomic mass is 35.5. The van der Waals surface area contributed by atoms with Crippen molar-refractivity contribution in [3.8, 4) is 0 Å². The minimum atomic E-state index is -5.16. The Morgan fingerprint density at radius 2 is 1.71 bits per heavy atom. The van der Waals surface area contributed by atoms with E-state index in [1.165, 1.54) is 11.1 Å². The Bertz CT molecular complexity index is 1360. The summed E-state index contributed by atoms with van der Waals surface area (Å²) < 4.78 is 107. The first kappa shape index (κ1) is 31.6. The Morgan fingerprint density at radius 1 is 1.00 bits per heavy atom. The first-order chi connectivity index (χ1) is 19.1. The second-order valence-corrected chi connectivity index (χ2v) is 12.6. The molecule has 2 aliphatic rings. The van der Waals surface area contributed by atoms with Crippen molar-refractivity contribution in [1.29, 1.82) is 0 Å². The molecular weight excluding hydrogens is 596 g/mol. The number of carbonyl (C=O) groups is 1. The average molecular weight is 626 g/mol. The van der Waals surface area contributed by atoms with Crippen LogP contribution in [0.15, 0.2) is 41.3 Å². The molecular formula is C27H30ClF6N3O3S. The van der Waals surface area contributed by atoms with Crippen LogP contribution in [0.2, 0.25) is 5.02 Å². The zero-order valence-electron chi connectivity index (χ0n) is 21.9. The fourth-order valence-electron chi connectivity index (χ4n) is 5.30. The van der Waals surface area contributed by atoms with Crippen LogP contribution in [0.4, 0.5) is 26.3 Å². The van der Waals surface area contributed by atoms with E-state index >= 15 is 0 Å². The van der Waals surface area contributed by atoms with Crippen LogP contribution in [0, 0.1) is 0 Å². The van der Waals surface area contributed by atoms with Crippen molar-refractivity contribution in [2.75, 3.05) is 13.1 Å². The van der Waals surface area contributed by atoms with Crippen molar-refractivity contribution in [2.45, 2.75) is 80.8 Å². The molecule has 14 heteroatoms. The zero-order chi connectivity index (χ0) is 30.0. The van der Waals surface area contributed by atoms with Gasteiger partial charge in [-0.3, -0.25) is 9.69 Å². The van der Waals surface area contributed by atoms with Crippen LogP contribution in [0.1, 0.15) is 66.8 Å². The third kappa shape index (κ3) is 8.14. The molecule has 41 heavy (non-hydrogen) atoms. The molecule has 1 heterocycles. The quantitative estimate of drug-likeness (QED) is 0.346. The van der Waals surface area contributed by atoms with E-state index in [0.29, 0.717) is 24.6 Å². The molecule has 1 saturated heterocycles. The summed E-state index contributed by atoms with van der Waals surface area (Å²) in [5.74, 6) is -1.02. The van der Waals surface area contributed by atoms with Gasteiger partial charge in [-0.1, -0.05) is 36.2 Å². The molecule has 0 saturated carbocycles. The molecule has 1 aliphatic carbocycles. The number of nitrogens with one attached hydrogen (secondary N) is 2. The molecule has 2 unspecified atom stereocenters. The van der Waals surface area contributed by atoms with Gasteiger partial charge in [-0.15, -0.1) is 0 Å². The van der Waals surface area contributed by atoms with Crippen LogP contribution >= 0.6 is 11.6 Å². The Kier molecular flexibility index (Phi) is 9.62. The number of aryl methyl sites for hydroxylation is 1. The molecule has 1 aliphatic heterocycles. The van der Waals surface area contributed by atoms with Gasteiger partial charge in [-0.05, 0) is 80.1 Å². The first-order valence-corrected chi connectivity index (χ1v) is 15.1. The van der Waals surface area contributed by atoms with Crippen LogP contribution in [-0.2, 0) is 34.0 Å². The van der Waals surface area contributed by atoms with Gasteiger partial charge in [-0.2, -0.15) is 31.1 Å². The molecule has 2 aromatic carbocycles. The Balaban J connectivity index is 1.44. The first-order valence-electron chi connectivity index (χ1n) is 13.2. The Hall–Kier alpha value is -2.35. The summed E-state index contributed by atoms with van der Waals surface area (Å²) in [4.78, 5) is 14.2. The Labute approximate surface area is 239 Å². The number of amides is 1. The van der Waals surface area contributed by atoms with Gasteiger partial charge in [0.2, 0.25) is 15.9 Å². The minimum absolute atomic E-state index is 0.366. The topological polar surface area (TPSA) is 78.5 Å². The van der Waals surface area contributed by atoms with Crippen LogP contribution in [0.3, 0.4) is 0 Å². The zero-order valence-corrected chi connectivity index (χ0v) is 23.5. The van der Waals surface area contributed by atoms with Crippen LogP contribution in [-0.4, -0.2) is 44.5 Å². The standard InChI is InChI=1S/C27H30ClF6N3O3S/c28-22-14-19(8-10-21(22)26(29,30)31)41(39,40)36-24(27(32,33)34)15-25(38)35-23-6-4-5-18-13-17(7-9-20(18)23)16-37-11-2-1-3-12-37/h7-10,13-14,23-24,36H,1-6,11-12,15-16H2,(H,35,38). The number of benzene rings is 2. The second-order valence-electron chi connectivity index (χ2n) is 10.4. The number of likely N-dealkylation sites (tertiary alicyclic amines) is 1. The highest BCUT2D eigenvalue weighted by Gasteiger charge is 2.44. The lowest BCUT2D eigenvalue weighted by atomic mass is 9.86. The van der Waals surface area contributed by atoms with E-state index in [2.05, 4.69) is 16.3 Å². The fraction of sp³-hybridized carbons (Fsp3) is 0.519. The van der Waals surface area contributed by atoms with Gasteiger partial charge in [0.1, 0.15) is 6.04 Å². The summed E-state index contributed by atoms with van der Waals surface area (Å²) >= 11 is 5.54. The summed E-state index contributed by atoms with van der Waals surface area (Å²) in [6.07, 6.45) is -5.75. The SMILES string of the molecule is O=C(CC(NS(=O)(=O)c1ccc(C(F)(F)F)c(Cl)c1)C(F)(F)F)NC1CCCc2cc(CN3CCCCC3)ccc21. The number of hydrogen-bond donors (Lipinski definition) is 2. The molecule has 226 valence electrons. The van der Waals surface area contributed by atoms with Crippen molar-refractivity contribution < 1.29 is 39.6 Å². The lowest BCUT2D eigenvalue weighted by Crippen LogP contribution is -2.48. The normalized spacial score (nSPS) is 19.4. The summed E-state index contributed by atoms with van der Waals surface area (Å²) in [5.41, 5.74) is 1.63. The monoisotopic (exact) mass is 625 g/mol. The van der Waals surface area contributed by atoms with E-state index in [9.17, 15) is 39.6 Å². The molecule has 2 atom stereocenters. The largest absolute Gasteiger partial charge is 0.417 e. The van der Waals surface area contributed by atoms with E-state index in [1.54, 1.807) is 0 Å². The maximum absolute atomic E-state index is 13.8. The third-order valence-electron chi connectivity index (χ3n) is 7.35. The number of piperidine rings is 1. The van der Waals surface area contributed by atoms with Crippen molar-refractivity contribution in [3.63, 3.8) is 0 Å². The number of rotatable bonds is 8. The number of sulfonamides is 1. The molecule has 2 N–H and O–H groups in total. The smallest absolute Gasteiger partial charge is 0.349 e. The molecule has 0 aromatic heterocycles. The van der Waals surface area contributed by atoms with Crippen molar-refractivity contribution >= 4 is 27.5 Å². The number of halogens is 7. The van der Waals surface area contributed by atoms with Gasteiger partial charge in [0, 0.05) is 6.54 Å². The van der Waals surface area contributed by atoms with Crippen molar-refractivity contribution in [1.82, 2.24) is 14.9 Å². The number of carbonyl (C=O) groups excluding carboxylic acids is 1. The van der Waals surface area contributed by atoms with E-state index in [0.717, 1.165) is 62.0 Å². The Morgan fingerprint density at radius 3 is 2.34 bits per heavy atom. The van der Waals surface area contributed by atoms with E-state index in [-0.39, 0.29) is 0 Å². The van der Waals surface area contributed by atoms with Crippen molar-refractivity contribution in [3.05, 3.63) is 63.7 Å². The predicted molar refractivity (Wildman–Crippen MR) is 141 cm³/mol. The van der Waals surface area contributed by atoms with Crippen LogP contribution in [0.5, 0.6) is 0 Å². The minimum Gasteiger partial charge on any atom is -0.349 e. The molecule has 1 amide bonds. The number of hydrogen-bond acceptors (Lipinski definition) is 4. The van der Waals surface area contributed by atoms with Gasteiger partial charge in [-0.25, -0.2) is 8.42 Å². The van der Waals surface area contributed by atoms with Gasteiger partial charge in [0.05, 0.1) is 27.9 Å². The van der Waals surface area contributed by atoms with Gasteiger partial charge >= 0.3 is 12.4 Å². The number of alkyl halides is 6. The predicted octanol–water partition coefficient (Wildman–Crippen LogP) is 6.14. The lowest BCUT2D eigenvalue weighted by Gasteiger charge is -2.30. The third-order valence-corrected chi connectivity index (χ3v) is 9.13. The summed E-state index contributed by atoms with van der Waals surface area (Å²) in [5, 5.41) is 1.62. The molecule has 0 radical (unpaired) electrons. The van der Waals surface area contributed by atoms with Gasteiger partial charge in [0.25, 0.3) is 0 Å². The summed E-state index contributed by atoms with van der Waals surface area (Å²) in [7, 11) is -4.98. The van der Waals surface area contributed by atoms with Crippen LogP contribution < -0.4 is 10.0 Å². The average Bonchev–Trinajstić information content (AvgIpc) is 2.87. The molecule has 0 spiro atoms. The summed E-state index contributed by atoms with van der Waals surface area (Å²) in [6, 6.07) is 3.85. The van der Waals surface area contributed by atoms with E-state index < -0.39 is 62.3 Å². The number of fused-ring (bicyclic) bond motifs is 1. The van der Waals surface area contributed by atoms with Gasteiger partial charge in [0.15, 0.2) is 0 Å². The molecule has 2 aromatic rings. The lowest BCUT2D eigenvalue weighted by molar-refractivity contribution is -0.158. The van der Waals surface area contributed by atoms with Gasteiger partial charge < -0.3 is 5.32 Å². The molecule has 0 bridgehead atoms. The molecule has 6 nitrogen and oxygen atoms in total. The molecule has 1 fully saturated rings. The second kappa shape index (κ2) is 12.5. The highest BCUT2D eigenvalue weighted by Crippen LogP contribution is 2.36. The number of nitrogens with zero attached hydrogens (tertiary/aromatic N) is 1. The maximum atomic E-state index is 13.8. The molecule has 4 rings (SSSR count). The highest BCUT2D eigenvalue weighted by molar-refractivity contribution is 7.89. The van der Waals surface area contributed by atoms with Crippen molar-refractivity contribution in [2.24, 2.45) is 0 Å².